The highest BCUT2D eigenvalue weighted by Gasteiger charge is 2.14. The lowest BCUT2D eigenvalue weighted by atomic mass is 10.2. The van der Waals surface area contributed by atoms with Crippen molar-refractivity contribution in [3.05, 3.63) is 53.0 Å². The molecule has 0 unspecified atom stereocenters. The molecule has 5 nitrogen and oxygen atoms in total. The largest absolute Gasteiger partial charge is 0.399 e. The molecule has 0 radical (unpaired) electrons. The fraction of sp³-hybridized carbons (Fsp3) is 0. The second-order valence-electron chi connectivity index (χ2n) is 4.63. The van der Waals surface area contributed by atoms with Crippen LogP contribution in [0.1, 0.15) is 10.6 Å². The number of fused-ring (bicyclic) bond motifs is 1. The molecule has 0 spiro atoms. The van der Waals surface area contributed by atoms with Crippen LogP contribution in [0, 0.1) is 0 Å². The predicted octanol–water partition coefficient (Wildman–Crippen LogP) is 3.30. The van der Waals surface area contributed by atoms with Gasteiger partial charge in [-0.1, -0.05) is 24.3 Å². The first-order valence-electron chi connectivity index (χ1n) is 6.34. The second-order valence-corrected chi connectivity index (χ2v) is 7.08. The fourth-order valence-corrected chi connectivity index (χ4v) is 3.62. The van der Waals surface area contributed by atoms with Gasteiger partial charge in [-0.25, -0.2) is 4.98 Å². The first-order chi connectivity index (χ1) is 10.4. The summed E-state index contributed by atoms with van der Waals surface area (Å²) in [5.41, 5.74) is 7.09. The van der Waals surface area contributed by atoms with E-state index in [1.54, 1.807) is 24.3 Å². The van der Waals surface area contributed by atoms with E-state index >= 15 is 0 Å². The van der Waals surface area contributed by atoms with Gasteiger partial charge in [-0.15, -0.1) is 11.3 Å². The van der Waals surface area contributed by atoms with Crippen molar-refractivity contribution in [2.24, 2.45) is 0 Å². The van der Waals surface area contributed by atoms with Gasteiger partial charge in [-0.3, -0.25) is 4.55 Å². The van der Waals surface area contributed by atoms with Gasteiger partial charge in [0.1, 0.15) is 9.90 Å². The monoisotopic (exact) mass is 332 g/mol. The van der Waals surface area contributed by atoms with Gasteiger partial charge in [-0.2, -0.15) is 8.42 Å². The molecule has 112 valence electrons. The second kappa shape index (κ2) is 5.53. The van der Waals surface area contributed by atoms with E-state index in [1.807, 2.05) is 24.3 Å². The van der Waals surface area contributed by atoms with Gasteiger partial charge in [0, 0.05) is 5.69 Å². The summed E-state index contributed by atoms with van der Waals surface area (Å²) >= 11 is 1.50. The molecule has 0 bridgehead atoms. The van der Waals surface area contributed by atoms with Crippen molar-refractivity contribution in [2.45, 2.75) is 4.90 Å². The number of nitrogen functional groups attached to an aromatic ring is 1. The Morgan fingerprint density at radius 2 is 1.91 bits per heavy atom. The first-order valence-corrected chi connectivity index (χ1v) is 8.60. The lowest BCUT2D eigenvalue weighted by Crippen LogP contribution is -2.02. The summed E-state index contributed by atoms with van der Waals surface area (Å²) in [7, 11) is -4.33. The van der Waals surface area contributed by atoms with Crippen molar-refractivity contribution >= 4 is 49.5 Å². The van der Waals surface area contributed by atoms with Gasteiger partial charge in [-0.05, 0) is 35.9 Å². The van der Waals surface area contributed by atoms with Crippen LogP contribution in [0.15, 0.2) is 47.4 Å². The maximum absolute atomic E-state index is 11.4. The lowest BCUT2D eigenvalue weighted by Gasteiger charge is -2.03. The predicted molar refractivity (Wildman–Crippen MR) is 89.2 cm³/mol. The van der Waals surface area contributed by atoms with Gasteiger partial charge in [0.05, 0.1) is 10.2 Å². The van der Waals surface area contributed by atoms with Gasteiger partial charge in [0.15, 0.2) is 0 Å². The molecular weight excluding hydrogens is 320 g/mol. The Morgan fingerprint density at radius 3 is 2.64 bits per heavy atom. The van der Waals surface area contributed by atoms with E-state index in [-0.39, 0.29) is 10.6 Å². The molecule has 2 aromatic carbocycles. The Kier molecular flexibility index (Phi) is 3.69. The number of hydrogen-bond acceptors (Lipinski definition) is 5. The molecule has 7 heteroatoms. The molecule has 3 aromatic rings. The molecule has 1 heterocycles. The standard InChI is InChI=1S/C15H12N2O3S2/c16-11-7-5-10(14(9-11)22(18,19)20)6-8-15-17-12-3-1-2-4-13(12)21-15/h1-9H,16H2,(H,18,19,20). The highest BCUT2D eigenvalue weighted by molar-refractivity contribution is 7.86. The van der Waals surface area contributed by atoms with Crippen molar-refractivity contribution in [3.63, 3.8) is 0 Å². The molecule has 0 saturated heterocycles. The number of nitrogens with two attached hydrogens (primary N) is 1. The molecule has 0 fully saturated rings. The molecule has 0 aliphatic carbocycles. The maximum atomic E-state index is 11.4. The van der Waals surface area contributed by atoms with E-state index in [0.29, 0.717) is 5.56 Å². The summed E-state index contributed by atoms with van der Waals surface area (Å²) in [5.74, 6) is 0. The molecule has 3 rings (SSSR count). The van der Waals surface area contributed by atoms with Crippen LogP contribution in [0.4, 0.5) is 5.69 Å². The number of para-hydroxylation sites is 1. The number of anilines is 1. The molecule has 3 N–H and O–H groups in total. The van der Waals surface area contributed by atoms with Crippen LogP contribution in [0.5, 0.6) is 0 Å². The molecule has 1 aromatic heterocycles. The zero-order valence-corrected chi connectivity index (χ0v) is 12.9. The number of benzene rings is 2. The normalized spacial score (nSPS) is 12.2. The number of hydrogen-bond donors (Lipinski definition) is 2. The quantitative estimate of drug-likeness (QED) is 0.567. The molecule has 0 amide bonds. The molecule has 0 aliphatic rings. The van der Waals surface area contributed by atoms with Crippen LogP contribution in [0.25, 0.3) is 22.4 Å². The molecule has 0 aliphatic heterocycles. The summed E-state index contributed by atoms with van der Waals surface area (Å²) in [6.07, 6.45) is 3.31. The summed E-state index contributed by atoms with van der Waals surface area (Å²) in [6, 6.07) is 12.1. The van der Waals surface area contributed by atoms with E-state index in [1.165, 1.54) is 17.4 Å². The number of rotatable bonds is 3. The summed E-state index contributed by atoms with van der Waals surface area (Å²) in [4.78, 5) is 4.21. The fourth-order valence-electron chi connectivity index (χ4n) is 2.03. The van der Waals surface area contributed by atoms with Gasteiger partial charge in [0.25, 0.3) is 10.1 Å². The summed E-state index contributed by atoms with van der Waals surface area (Å²) in [6.45, 7) is 0. The third kappa shape index (κ3) is 3.01. The summed E-state index contributed by atoms with van der Waals surface area (Å²) < 4.78 is 33.1. The zero-order chi connectivity index (χ0) is 15.7. The third-order valence-corrected chi connectivity index (χ3v) is 4.94. The van der Waals surface area contributed by atoms with Crippen molar-refractivity contribution < 1.29 is 13.0 Å². The van der Waals surface area contributed by atoms with E-state index < -0.39 is 10.1 Å². The molecule has 0 atom stereocenters. The Morgan fingerprint density at radius 1 is 1.14 bits per heavy atom. The Labute approximate surface area is 131 Å². The van der Waals surface area contributed by atoms with Crippen LogP contribution >= 0.6 is 11.3 Å². The van der Waals surface area contributed by atoms with Crippen LogP contribution in [-0.2, 0) is 10.1 Å². The molecule has 22 heavy (non-hydrogen) atoms. The summed E-state index contributed by atoms with van der Waals surface area (Å²) in [5, 5.41) is 0.749. The molecular formula is C15H12N2O3S2. The highest BCUT2D eigenvalue weighted by Crippen LogP contribution is 2.25. The maximum Gasteiger partial charge on any atom is 0.295 e. The van der Waals surface area contributed by atoms with Gasteiger partial charge in [0.2, 0.25) is 0 Å². The van der Waals surface area contributed by atoms with Crippen molar-refractivity contribution in [2.75, 3.05) is 5.73 Å². The first kappa shape index (κ1) is 14.7. The van der Waals surface area contributed by atoms with E-state index in [4.69, 9.17) is 5.73 Å². The lowest BCUT2D eigenvalue weighted by molar-refractivity contribution is 0.483. The van der Waals surface area contributed by atoms with Crippen molar-refractivity contribution in [3.8, 4) is 0 Å². The number of nitrogens with zero attached hydrogens (tertiary/aromatic N) is 1. The number of aromatic nitrogens is 1. The average molecular weight is 332 g/mol. The Balaban J connectivity index is 2.02. The molecule has 0 saturated carbocycles. The third-order valence-electron chi connectivity index (χ3n) is 3.03. The SMILES string of the molecule is Nc1ccc(C=Cc2nc3ccccc3s2)c(S(=O)(=O)O)c1. The van der Waals surface area contributed by atoms with E-state index in [2.05, 4.69) is 4.98 Å². The zero-order valence-electron chi connectivity index (χ0n) is 11.3. The Bertz CT molecular complexity index is 942. The van der Waals surface area contributed by atoms with Crippen LogP contribution in [0.3, 0.4) is 0 Å². The van der Waals surface area contributed by atoms with E-state index in [9.17, 15) is 13.0 Å². The van der Waals surface area contributed by atoms with Gasteiger partial charge >= 0.3 is 0 Å². The van der Waals surface area contributed by atoms with Gasteiger partial charge < -0.3 is 5.73 Å². The van der Waals surface area contributed by atoms with E-state index in [0.717, 1.165) is 15.2 Å². The minimum Gasteiger partial charge on any atom is -0.399 e. The Hall–Kier alpha value is -2.22. The average Bonchev–Trinajstić information content (AvgIpc) is 2.87. The van der Waals surface area contributed by atoms with Crippen molar-refractivity contribution in [1.29, 1.82) is 0 Å². The highest BCUT2D eigenvalue weighted by atomic mass is 32.2. The van der Waals surface area contributed by atoms with Crippen LogP contribution in [-0.4, -0.2) is 18.0 Å². The minimum absolute atomic E-state index is 0.218. The van der Waals surface area contributed by atoms with Crippen LogP contribution in [0.2, 0.25) is 0 Å². The minimum atomic E-state index is -4.33. The van der Waals surface area contributed by atoms with Crippen molar-refractivity contribution in [1.82, 2.24) is 4.98 Å². The smallest absolute Gasteiger partial charge is 0.295 e. The van der Waals surface area contributed by atoms with Crippen LogP contribution < -0.4 is 5.73 Å². The topological polar surface area (TPSA) is 93.3 Å². The number of thiazole rings is 1.